The molecule has 0 aliphatic heterocycles. The van der Waals surface area contributed by atoms with Crippen LogP contribution >= 0.6 is 11.6 Å². The molecule has 0 aromatic carbocycles. The minimum Gasteiger partial charge on any atom is -0.478 e. The highest BCUT2D eigenvalue weighted by Gasteiger charge is 2.10. The van der Waals surface area contributed by atoms with Crippen LogP contribution in [0.2, 0.25) is 5.02 Å². The van der Waals surface area contributed by atoms with Gasteiger partial charge in [-0.05, 0) is 19.4 Å². The molecule has 1 heterocycles. The van der Waals surface area contributed by atoms with Gasteiger partial charge in [-0.3, -0.25) is 0 Å². The predicted octanol–water partition coefficient (Wildman–Crippen LogP) is 1.62. The Hall–Kier alpha value is -1.33. The summed E-state index contributed by atoms with van der Waals surface area (Å²) < 4.78 is 0. The second kappa shape index (κ2) is 5.67. The number of pyridine rings is 1. The number of carboxylic acid groups (broad SMARTS) is 1. The van der Waals surface area contributed by atoms with E-state index in [-0.39, 0.29) is 10.6 Å². The fourth-order valence-corrected chi connectivity index (χ4v) is 1.29. The Bertz CT molecular complexity index is 382. The molecule has 0 bridgehead atoms. The van der Waals surface area contributed by atoms with Gasteiger partial charge in [-0.15, -0.1) is 0 Å². The SMILES string of the molecule is CC(O)CCNc1cc(C(=O)O)c(Cl)cn1. The van der Waals surface area contributed by atoms with E-state index in [0.717, 1.165) is 0 Å². The maximum atomic E-state index is 10.8. The zero-order valence-corrected chi connectivity index (χ0v) is 9.53. The Kier molecular flexibility index (Phi) is 4.52. The molecule has 16 heavy (non-hydrogen) atoms. The van der Waals surface area contributed by atoms with E-state index >= 15 is 0 Å². The lowest BCUT2D eigenvalue weighted by molar-refractivity contribution is 0.0697. The maximum Gasteiger partial charge on any atom is 0.337 e. The Balaban J connectivity index is 2.68. The molecule has 0 spiro atoms. The molecule has 3 N–H and O–H groups in total. The van der Waals surface area contributed by atoms with Crippen LogP contribution in [0.25, 0.3) is 0 Å². The van der Waals surface area contributed by atoms with Crippen molar-refractivity contribution in [1.82, 2.24) is 4.98 Å². The van der Waals surface area contributed by atoms with Crippen LogP contribution in [0.3, 0.4) is 0 Å². The van der Waals surface area contributed by atoms with Crippen LogP contribution in [0.5, 0.6) is 0 Å². The molecule has 0 fully saturated rings. The van der Waals surface area contributed by atoms with Gasteiger partial charge in [0.1, 0.15) is 5.82 Å². The van der Waals surface area contributed by atoms with Crippen molar-refractivity contribution < 1.29 is 15.0 Å². The quantitative estimate of drug-likeness (QED) is 0.733. The number of aromatic carboxylic acids is 1. The van der Waals surface area contributed by atoms with Crippen LogP contribution in [-0.4, -0.2) is 33.8 Å². The maximum absolute atomic E-state index is 10.8. The van der Waals surface area contributed by atoms with Gasteiger partial charge in [0.2, 0.25) is 0 Å². The molecule has 0 amide bonds. The number of halogens is 1. The van der Waals surface area contributed by atoms with Gasteiger partial charge >= 0.3 is 5.97 Å². The van der Waals surface area contributed by atoms with Gasteiger partial charge in [0.15, 0.2) is 0 Å². The summed E-state index contributed by atoms with van der Waals surface area (Å²) in [4.78, 5) is 14.7. The van der Waals surface area contributed by atoms with Crippen LogP contribution < -0.4 is 5.32 Å². The van der Waals surface area contributed by atoms with Crippen molar-refractivity contribution in [3.63, 3.8) is 0 Å². The van der Waals surface area contributed by atoms with Gasteiger partial charge in [-0.2, -0.15) is 0 Å². The van der Waals surface area contributed by atoms with Gasteiger partial charge < -0.3 is 15.5 Å². The van der Waals surface area contributed by atoms with E-state index in [2.05, 4.69) is 10.3 Å². The van der Waals surface area contributed by atoms with E-state index < -0.39 is 12.1 Å². The smallest absolute Gasteiger partial charge is 0.337 e. The lowest BCUT2D eigenvalue weighted by Crippen LogP contribution is -2.11. The number of hydrogen-bond acceptors (Lipinski definition) is 4. The van der Waals surface area contributed by atoms with Gasteiger partial charge in [0, 0.05) is 12.7 Å². The highest BCUT2D eigenvalue weighted by atomic mass is 35.5. The molecule has 0 saturated carbocycles. The standard InChI is InChI=1S/C10H13ClN2O3/c1-6(14)2-3-12-9-4-7(10(15)16)8(11)5-13-9/h4-6,14H,2-3H2,1H3,(H,12,13)(H,15,16). The fourth-order valence-electron chi connectivity index (χ4n) is 1.11. The molecule has 1 unspecified atom stereocenters. The van der Waals surface area contributed by atoms with Crippen molar-refractivity contribution in [3.8, 4) is 0 Å². The number of hydrogen-bond donors (Lipinski definition) is 3. The first-order chi connectivity index (χ1) is 7.50. The zero-order valence-electron chi connectivity index (χ0n) is 8.77. The summed E-state index contributed by atoms with van der Waals surface area (Å²) in [5.74, 6) is -0.659. The van der Waals surface area contributed by atoms with Gasteiger partial charge in [-0.1, -0.05) is 11.6 Å². The van der Waals surface area contributed by atoms with Gasteiger partial charge in [0.05, 0.1) is 16.7 Å². The predicted molar refractivity (Wildman–Crippen MR) is 61.0 cm³/mol. The van der Waals surface area contributed by atoms with Crippen LogP contribution in [0, 0.1) is 0 Å². The van der Waals surface area contributed by atoms with Crippen molar-refractivity contribution in [2.75, 3.05) is 11.9 Å². The first-order valence-corrected chi connectivity index (χ1v) is 5.19. The van der Waals surface area contributed by atoms with Crippen molar-refractivity contribution >= 4 is 23.4 Å². The Morgan fingerprint density at radius 1 is 1.69 bits per heavy atom. The third-order valence-corrected chi connectivity index (χ3v) is 2.26. The molecule has 1 atom stereocenters. The van der Waals surface area contributed by atoms with Crippen molar-refractivity contribution in [3.05, 3.63) is 22.8 Å². The summed E-state index contributed by atoms with van der Waals surface area (Å²) in [6, 6.07) is 1.37. The normalized spacial score (nSPS) is 12.2. The number of aliphatic hydroxyl groups excluding tert-OH is 1. The third kappa shape index (κ3) is 3.67. The van der Waals surface area contributed by atoms with Crippen LogP contribution in [0.15, 0.2) is 12.3 Å². The fraction of sp³-hybridized carbons (Fsp3) is 0.400. The van der Waals surface area contributed by atoms with E-state index in [1.54, 1.807) is 6.92 Å². The molecule has 0 aliphatic carbocycles. The number of carboxylic acids is 1. The van der Waals surface area contributed by atoms with Gasteiger partial charge in [0.25, 0.3) is 0 Å². The molecule has 0 aliphatic rings. The highest BCUT2D eigenvalue weighted by Crippen LogP contribution is 2.17. The molecule has 1 aromatic heterocycles. The molecule has 88 valence electrons. The zero-order chi connectivity index (χ0) is 12.1. The Morgan fingerprint density at radius 3 is 2.94 bits per heavy atom. The monoisotopic (exact) mass is 244 g/mol. The minimum absolute atomic E-state index is 0.0104. The van der Waals surface area contributed by atoms with E-state index in [1.165, 1.54) is 12.3 Å². The summed E-state index contributed by atoms with van der Waals surface area (Å²) in [6.45, 7) is 2.20. The van der Waals surface area contributed by atoms with Crippen LogP contribution in [0.4, 0.5) is 5.82 Å². The number of carbonyl (C=O) groups is 1. The topological polar surface area (TPSA) is 82.5 Å². The van der Waals surface area contributed by atoms with Crippen LogP contribution in [0.1, 0.15) is 23.7 Å². The van der Waals surface area contributed by atoms with Gasteiger partial charge in [-0.25, -0.2) is 9.78 Å². The summed E-state index contributed by atoms with van der Waals surface area (Å²) in [6.07, 6.45) is 1.45. The third-order valence-electron chi connectivity index (χ3n) is 1.95. The largest absolute Gasteiger partial charge is 0.478 e. The van der Waals surface area contributed by atoms with E-state index in [0.29, 0.717) is 18.8 Å². The second-order valence-corrected chi connectivity index (χ2v) is 3.83. The molecule has 5 nitrogen and oxygen atoms in total. The molecule has 6 heteroatoms. The summed E-state index contributed by atoms with van der Waals surface area (Å²) in [7, 11) is 0. The molecule has 0 saturated heterocycles. The average Bonchev–Trinajstić information content (AvgIpc) is 2.19. The minimum atomic E-state index is -1.09. The summed E-state index contributed by atoms with van der Waals surface area (Å²) >= 11 is 5.66. The molecule has 1 rings (SSSR count). The van der Waals surface area contributed by atoms with Crippen molar-refractivity contribution in [2.45, 2.75) is 19.4 Å². The van der Waals surface area contributed by atoms with Crippen molar-refractivity contribution in [1.29, 1.82) is 0 Å². The number of nitrogens with zero attached hydrogens (tertiary/aromatic N) is 1. The lowest BCUT2D eigenvalue weighted by Gasteiger charge is -2.08. The first-order valence-electron chi connectivity index (χ1n) is 4.81. The Labute approximate surface area is 98.1 Å². The lowest BCUT2D eigenvalue weighted by atomic mass is 10.2. The second-order valence-electron chi connectivity index (χ2n) is 3.42. The van der Waals surface area contributed by atoms with E-state index in [1.807, 2.05) is 0 Å². The molecule has 0 radical (unpaired) electrons. The molecular weight excluding hydrogens is 232 g/mol. The summed E-state index contributed by atoms with van der Waals surface area (Å²) in [5, 5.41) is 20.9. The highest BCUT2D eigenvalue weighted by molar-refractivity contribution is 6.33. The summed E-state index contributed by atoms with van der Waals surface area (Å²) in [5.41, 5.74) is 0.0104. The van der Waals surface area contributed by atoms with Crippen LogP contribution in [-0.2, 0) is 0 Å². The molecule has 1 aromatic rings. The Morgan fingerprint density at radius 2 is 2.38 bits per heavy atom. The molecular formula is C10H13ClN2O3. The first kappa shape index (κ1) is 12.7. The van der Waals surface area contributed by atoms with E-state index in [9.17, 15) is 4.79 Å². The van der Waals surface area contributed by atoms with E-state index in [4.69, 9.17) is 21.8 Å². The number of anilines is 1. The number of aliphatic hydroxyl groups is 1. The number of aromatic nitrogens is 1. The average molecular weight is 245 g/mol. The number of rotatable bonds is 5. The van der Waals surface area contributed by atoms with Crippen molar-refractivity contribution in [2.24, 2.45) is 0 Å². The number of nitrogens with one attached hydrogen (secondary N) is 1.